The van der Waals surface area contributed by atoms with Crippen molar-refractivity contribution in [1.29, 1.82) is 0 Å². The van der Waals surface area contributed by atoms with Crippen LogP contribution in [0.4, 0.5) is 0 Å². The second-order valence-electron chi connectivity index (χ2n) is 6.72. The summed E-state index contributed by atoms with van der Waals surface area (Å²) in [5.41, 5.74) is 0. The van der Waals surface area contributed by atoms with Crippen molar-refractivity contribution in [2.45, 2.75) is 31.2 Å². The van der Waals surface area contributed by atoms with E-state index >= 15 is 0 Å². The normalized spacial score (nSPS) is 17.3. The number of quaternary nitrogens is 1. The lowest BCUT2D eigenvalue weighted by Crippen LogP contribution is -3.15. The monoisotopic (exact) mass is 397 g/mol. The van der Waals surface area contributed by atoms with Crippen LogP contribution in [-0.2, 0) is 19.6 Å². The van der Waals surface area contributed by atoms with Crippen LogP contribution in [0, 0.1) is 0 Å². The SMILES string of the molecule is CCCNC(=O)[C@H](C)NC(=O)C[NH+]1CCN(S(=O)(=O)c2ccccc2)CC1. The third-order valence-electron chi connectivity index (χ3n) is 4.54. The van der Waals surface area contributed by atoms with Crippen molar-refractivity contribution in [2.75, 3.05) is 39.3 Å². The fraction of sp³-hybridized carbons (Fsp3) is 0.556. The minimum Gasteiger partial charge on any atom is -0.354 e. The first-order valence-corrected chi connectivity index (χ1v) is 10.7. The smallest absolute Gasteiger partial charge is 0.275 e. The second kappa shape index (κ2) is 9.82. The van der Waals surface area contributed by atoms with Gasteiger partial charge in [-0.25, -0.2) is 8.42 Å². The van der Waals surface area contributed by atoms with E-state index in [1.165, 1.54) is 4.31 Å². The van der Waals surface area contributed by atoms with E-state index in [-0.39, 0.29) is 23.3 Å². The molecular formula is C18H29N4O4S+. The summed E-state index contributed by atoms with van der Waals surface area (Å²) in [5.74, 6) is -0.400. The number of nitrogens with zero attached hydrogens (tertiary/aromatic N) is 1. The summed E-state index contributed by atoms with van der Waals surface area (Å²) < 4.78 is 26.7. The van der Waals surface area contributed by atoms with Gasteiger partial charge in [-0.2, -0.15) is 4.31 Å². The number of carbonyl (C=O) groups is 2. The molecule has 1 saturated heterocycles. The molecule has 1 fully saturated rings. The summed E-state index contributed by atoms with van der Waals surface area (Å²) in [5, 5.41) is 5.44. The van der Waals surface area contributed by atoms with Gasteiger partial charge in [-0.1, -0.05) is 25.1 Å². The van der Waals surface area contributed by atoms with E-state index in [9.17, 15) is 18.0 Å². The second-order valence-corrected chi connectivity index (χ2v) is 8.66. The molecule has 0 aromatic heterocycles. The highest BCUT2D eigenvalue weighted by Crippen LogP contribution is 2.14. The lowest BCUT2D eigenvalue weighted by Gasteiger charge is -2.31. The van der Waals surface area contributed by atoms with E-state index in [1.54, 1.807) is 37.3 Å². The Bertz CT molecular complexity index is 731. The van der Waals surface area contributed by atoms with Gasteiger partial charge in [0.2, 0.25) is 15.9 Å². The van der Waals surface area contributed by atoms with E-state index in [2.05, 4.69) is 10.6 Å². The van der Waals surface area contributed by atoms with Crippen LogP contribution in [0.25, 0.3) is 0 Å². The van der Waals surface area contributed by atoms with Gasteiger partial charge in [-0.15, -0.1) is 0 Å². The molecule has 8 nitrogen and oxygen atoms in total. The highest BCUT2D eigenvalue weighted by atomic mass is 32.2. The van der Waals surface area contributed by atoms with Gasteiger partial charge in [0.15, 0.2) is 6.54 Å². The number of piperazine rings is 1. The molecule has 1 aliphatic rings. The van der Waals surface area contributed by atoms with Crippen molar-refractivity contribution in [2.24, 2.45) is 0 Å². The molecule has 150 valence electrons. The Morgan fingerprint density at radius 2 is 1.81 bits per heavy atom. The van der Waals surface area contributed by atoms with Gasteiger partial charge in [-0.05, 0) is 25.5 Å². The number of benzene rings is 1. The van der Waals surface area contributed by atoms with Crippen LogP contribution in [-0.4, -0.2) is 69.8 Å². The first-order chi connectivity index (χ1) is 12.8. The molecule has 0 bridgehead atoms. The molecule has 2 amide bonds. The zero-order valence-electron chi connectivity index (χ0n) is 15.9. The Kier molecular flexibility index (Phi) is 7.76. The van der Waals surface area contributed by atoms with Crippen molar-refractivity contribution in [1.82, 2.24) is 14.9 Å². The van der Waals surface area contributed by atoms with Crippen molar-refractivity contribution < 1.29 is 22.9 Å². The lowest BCUT2D eigenvalue weighted by atomic mass is 10.3. The molecule has 1 aliphatic heterocycles. The molecule has 27 heavy (non-hydrogen) atoms. The summed E-state index contributed by atoms with van der Waals surface area (Å²) in [7, 11) is -3.49. The van der Waals surface area contributed by atoms with Gasteiger partial charge >= 0.3 is 0 Å². The largest absolute Gasteiger partial charge is 0.354 e. The molecule has 0 radical (unpaired) electrons. The standard InChI is InChI=1S/C18H28N4O4S/c1-3-9-19-18(24)15(2)20-17(23)14-21-10-12-22(13-11-21)27(25,26)16-7-5-4-6-8-16/h4-8,15H,3,9-14H2,1-2H3,(H,19,24)(H,20,23)/p+1/t15-/m0/s1. The van der Waals surface area contributed by atoms with E-state index in [4.69, 9.17) is 0 Å². The molecule has 0 spiro atoms. The van der Waals surface area contributed by atoms with E-state index < -0.39 is 16.1 Å². The number of amides is 2. The highest BCUT2D eigenvalue weighted by Gasteiger charge is 2.31. The van der Waals surface area contributed by atoms with Gasteiger partial charge in [0.05, 0.1) is 31.1 Å². The zero-order valence-corrected chi connectivity index (χ0v) is 16.7. The summed E-state index contributed by atoms with van der Waals surface area (Å²) in [6.07, 6.45) is 0.840. The van der Waals surface area contributed by atoms with Crippen molar-refractivity contribution in [3.8, 4) is 0 Å². The Labute approximate surface area is 161 Å². The molecule has 3 N–H and O–H groups in total. The Morgan fingerprint density at radius 3 is 2.41 bits per heavy atom. The fourth-order valence-electron chi connectivity index (χ4n) is 2.95. The molecule has 1 aromatic rings. The molecule has 0 unspecified atom stereocenters. The Balaban J connectivity index is 1.80. The van der Waals surface area contributed by atoms with Crippen molar-refractivity contribution in [3.63, 3.8) is 0 Å². The molecule has 0 saturated carbocycles. The lowest BCUT2D eigenvalue weighted by molar-refractivity contribution is -0.895. The third-order valence-corrected chi connectivity index (χ3v) is 6.45. The summed E-state index contributed by atoms with van der Waals surface area (Å²) in [6, 6.07) is 7.79. The number of nitrogens with one attached hydrogen (secondary N) is 3. The zero-order chi connectivity index (χ0) is 19.9. The average Bonchev–Trinajstić information content (AvgIpc) is 2.67. The highest BCUT2D eigenvalue weighted by molar-refractivity contribution is 7.89. The predicted molar refractivity (Wildman–Crippen MR) is 102 cm³/mol. The number of rotatable bonds is 8. The van der Waals surface area contributed by atoms with Crippen LogP contribution >= 0.6 is 0 Å². The van der Waals surface area contributed by atoms with E-state index in [0.29, 0.717) is 32.7 Å². The van der Waals surface area contributed by atoms with Crippen LogP contribution < -0.4 is 15.5 Å². The summed E-state index contributed by atoms with van der Waals surface area (Å²) in [4.78, 5) is 25.3. The van der Waals surface area contributed by atoms with Crippen LogP contribution in [0.1, 0.15) is 20.3 Å². The predicted octanol–water partition coefficient (Wildman–Crippen LogP) is -1.39. The maximum atomic E-state index is 12.6. The van der Waals surface area contributed by atoms with Crippen LogP contribution in [0.5, 0.6) is 0 Å². The van der Waals surface area contributed by atoms with Crippen LogP contribution in [0.2, 0.25) is 0 Å². The molecule has 1 aromatic carbocycles. The molecule has 0 aliphatic carbocycles. The molecule has 2 rings (SSSR count). The van der Waals surface area contributed by atoms with E-state index in [1.807, 2.05) is 6.92 Å². The molecule has 1 atom stereocenters. The first kappa shape index (κ1) is 21.3. The molecule has 1 heterocycles. The molecule has 9 heteroatoms. The van der Waals surface area contributed by atoms with Gasteiger partial charge in [0.25, 0.3) is 5.91 Å². The quantitative estimate of drug-likeness (QED) is 0.503. The molecular weight excluding hydrogens is 368 g/mol. The minimum atomic E-state index is -3.49. The Morgan fingerprint density at radius 1 is 1.19 bits per heavy atom. The average molecular weight is 398 g/mol. The number of hydrogen-bond donors (Lipinski definition) is 3. The van der Waals surface area contributed by atoms with Crippen LogP contribution in [0.15, 0.2) is 35.2 Å². The van der Waals surface area contributed by atoms with E-state index in [0.717, 1.165) is 11.3 Å². The third kappa shape index (κ3) is 6.02. The number of carbonyl (C=O) groups excluding carboxylic acids is 2. The van der Waals surface area contributed by atoms with Crippen molar-refractivity contribution in [3.05, 3.63) is 30.3 Å². The first-order valence-electron chi connectivity index (χ1n) is 9.30. The Hall–Kier alpha value is -1.97. The van der Waals surface area contributed by atoms with Gasteiger partial charge in [-0.3, -0.25) is 9.59 Å². The van der Waals surface area contributed by atoms with Gasteiger partial charge < -0.3 is 15.5 Å². The number of sulfonamides is 1. The van der Waals surface area contributed by atoms with Crippen molar-refractivity contribution >= 4 is 21.8 Å². The summed E-state index contributed by atoms with van der Waals surface area (Å²) >= 11 is 0. The maximum absolute atomic E-state index is 12.6. The van der Waals surface area contributed by atoms with Gasteiger partial charge in [0.1, 0.15) is 6.04 Å². The van der Waals surface area contributed by atoms with Crippen LogP contribution in [0.3, 0.4) is 0 Å². The number of hydrogen-bond acceptors (Lipinski definition) is 4. The minimum absolute atomic E-state index is 0.195. The summed E-state index contributed by atoms with van der Waals surface area (Å²) in [6.45, 7) is 6.27. The van der Waals surface area contributed by atoms with Gasteiger partial charge in [0, 0.05) is 6.54 Å². The topological polar surface area (TPSA) is 100 Å². The fourth-order valence-corrected chi connectivity index (χ4v) is 4.41. The maximum Gasteiger partial charge on any atom is 0.275 e.